The number of aromatic nitrogens is 3. The van der Waals surface area contributed by atoms with Gasteiger partial charge in [-0.1, -0.05) is 24.3 Å². The first-order valence-corrected chi connectivity index (χ1v) is 12.2. The Morgan fingerprint density at radius 1 is 1.03 bits per heavy atom. The average molecular weight is 480 g/mol. The minimum absolute atomic E-state index is 0.0377. The number of benzene rings is 1. The number of fused-ring (bicyclic) bond motifs is 1. The number of thiazole rings is 1. The van der Waals surface area contributed by atoms with Gasteiger partial charge in [-0.25, -0.2) is 18.7 Å². The molecule has 4 aromatic rings. The van der Waals surface area contributed by atoms with Gasteiger partial charge in [0.25, 0.3) is 5.92 Å². The predicted octanol–water partition coefficient (Wildman–Crippen LogP) is 7.20. The van der Waals surface area contributed by atoms with Crippen molar-refractivity contribution in [2.45, 2.75) is 51.9 Å². The number of rotatable bonds is 5. The Hall–Kier alpha value is -3.06. The molecule has 0 radical (unpaired) electrons. The van der Waals surface area contributed by atoms with E-state index in [4.69, 9.17) is 14.7 Å². The molecule has 0 unspecified atom stereocenters. The molecule has 3 aromatic heterocycles. The van der Waals surface area contributed by atoms with Crippen LogP contribution in [-0.4, -0.2) is 21.6 Å². The van der Waals surface area contributed by atoms with E-state index in [-0.39, 0.29) is 11.5 Å². The van der Waals surface area contributed by atoms with E-state index >= 15 is 0 Å². The van der Waals surface area contributed by atoms with Crippen molar-refractivity contribution in [2.24, 2.45) is 0 Å². The Kier molecular flexibility index (Phi) is 5.76. The maximum atomic E-state index is 13.6. The lowest BCUT2D eigenvalue weighted by Crippen LogP contribution is -2.11. The summed E-state index contributed by atoms with van der Waals surface area (Å²) >= 11 is 1.67. The highest BCUT2D eigenvalue weighted by Gasteiger charge is 2.29. The Labute approximate surface area is 202 Å². The Bertz CT molecular complexity index is 1320. The Morgan fingerprint density at radius 2 is 1.74 bits per heavy atom. The van der Waals surface area contributed by atoms with E-state index in [1.54, 1.807) is 18.4 Å². The van der Waals surface area contributed by atoms with Crippen LogP contribution in [0.25, 0.3) is 16.4 Å². The zero-order valence-corrected chi connectivity index (χ0v) is 20.5. The number of methoxy groups -OCH3 is 1. The number of pyridine rings is 1. The number of hydrogen-bond acceptors (Lipinski definition) is 4. The molecule has 0 N–H and O–H groups in total. The van der Waals surface area contributed by atoms with Crippen LogP contribution in [0, 0.1) is 13.8 Å². The van der Waals surface area contributed by atoms with Crippen molar-refractivity contribution >= 4 is 11.3 Å². The SMILES string of the molecule is COc1nc(-c2nc3c(s2)CCC[C@@H]3c2ccc(C(C)(F)F)cc2)ccc1-n1cc(C)c(C)c1. The molecule has 1 aliphatic carbocycles. The van der Waals surface area contributed by atoms with E-state index in [2.05, 4.69) is 26.2 Å². The normalized spacial score (nSPS) is 15.9. The first kappa shape index (κ1) is 22.7. The van der Waals surface area contributed by atoms with Crippen LogP contribution < -0.4 is 4.74 Å². The molecule has 176 valence electrons. The minimum atomic E-state index is -2.83. The van der Waals surface area contributed by atoms with E-state index in [0.717, 1.165) is 53.8 Å². The lowest BCUT2D eigenvalue weighted by Gasteiger charge is -2.22. The van der Waals surface area contributed by atoms with E-state index in [1.807, 2.05) is 28.8 Å². The molecule has 7 heteroatoms. The smallest absolute Gasteiger partial charge is 0.270 e. The largest absolute Gasteiger partial charge is 0.479 e. The third-order valence-corrected chi connectivity index (χ3v) is 7.75. The Morgan fingerprint density at radius 3 is 2.38 bits per heavy atom. The Balaban J connectivity index is 1.48. The van der Waals surface area contributed by atoms with Gasteiger partial charge in [0, 0.05) is 35.7 Å². The molecule has 3 heterocycles. The molecule has 1 aromatic carbocycles. The van der Waals surface area contributed by atoms with Crippen LogP contribution in [-0.2, 0) is 12.3 Å². The molecular formula is C27H27F2N3OS. The summed E-state index contributed by atoms with van der Waals surface area (Å²) in [6.07, 6.45) is 7.13. The number of alkyl halides is 2. The molecule has 1 aliphatic rings. The number of ether oxygens (including phenoxy) is 1. The van der Waals surface area contributed by atoms with Gasteiger partial charge in [0.1, 0.15) is 16.4 Å². The van der Waals surface area contributed by atoms with Gasteiger partial charge in [0.05, 0.1) is 12.8 Å². The molecule has 0 aliphatic heterocycles. The quantitative estimate of drug-likeness (QED) is 0.304. The number of halogens is 2. The zero-order valence-electron chi connectivity index (χ0n) is 19.7. The molecule has 1 atom stereocenters. The van der Waals surface area contributed by atoms with Crippen LogP contribution >= 0.6 is 11.3 Å². The number of nitrogens with zero attached hydrogens (tertiary/aromatic N) is 3. The molecule has 0 spiro atoms. The second kappa shape index (κ2) is 8.62. The summed E-state index contributed by atoms with van der Waals surface area (Å²) in [5, 5.41) is 0.860. The van der Waals surface area contributed by atoms with Gasteiger partial charge in [0.15, 0.2) is 0 Å². The topological polar surface area (TPSA) is 39.9 Å². The average Bonchev–Trinajstić information content (AvgIpc) is 3.41. The van der Waals surface area contributed by atoms with Crippen molar-refractivity contribution < 1.29 is 13.5 Å². The highest BCUT2D eigenvalue weighted by molar-refractivity contribution is 7.15. The fourth-order valence-electron chi connectivity index (χ4n) is 4.56. The van der Waals surface area contributed by atoms with Gasteiger partial charge >= 0.3 is 0 Å². The monoisotopic (exact) mass is 479 g/mol. The summed E-state index contributed by atoms with van der Waals surface area (Å²) in [5.74, 6) is -2.17. The summed E-state index contributed by atoms with van der Waals surface area (Å²) in [5.41, 5.74) is 6.19. The van der Waals surface area contributed by atoms with Crippen LogP contribution in [0.5, 0.6) is 5.88 Å². The van der Waals surface area contributed by atoms with Gasteiger partial charge < -0.3 is 9.30 Å². The van der Waals surface area contributed by atoms with E-state index in [1.165, 1.54) is 28.1 Å². The minimum Gasteiger partial charge on any atom is -0.479 e. The number of hydrogen-bond donors (Lipinski definition) is 0. The highest BCUT2D eigenvalue weighted by atomic mass is 32.1. The van der Waals surface area contributed by atoms with E-state index < -0.39 is 5.92 Å². The van der Waals surface area contributed by atoms with Gasteiger partial charge in [-0.05, 0) is 61.9 Å². The van der Waals surface area contributed by atoms with Crippen molar-refractivity contribution in [3.05, 3.63) is 81.6 Å². The zero-order chi connectivity index (χ0) is 24.0. The van der Waals surface area contributed by atoms with Gasteiger partial charge in [0.2, 0.25) is 5.88 Å². The predicted molar refractivity (Wildman–Crippen MR) is 131 cm³/mol. The van der Waals surface area contributed by atoms with E-state index in [0.29, 0.717) is 5.88 Å². The molecule has 5 rings (SSSR count). The molecular weight excluding hydrogens is 452 g/mol. The molecule has 4 nitrogen and oxygen atoms in total. The van der Waals surface area contributed by atoms with Gasteiger partial charge in [-0.2, -0.15) is 0 Å². The molecule has 0 saturated heterocycles. The van der Waals surface area contributed by atoms with Crippen molar-refractivity contribution in [1.29, 1.82) is 0 Å². The van der Waals surface area contributed by atoms with Gasteiger partial charge in [-0.15, -0.1) is 11.3 Å². The van der Waals surface area contributed by atoms with Crippen LogP contribution in [0.15, 0.2) is 48.8 Å². The maximum absolute atomic E-state index is 13.6. The summed E-state index contributed by atoms with van der Waals surface area (Å²) in [6, 6.07) is 10.7. The second-order valence-electron chi connectivity index (χ2n) is 9.04. The first-order valence-electron chi connectivity index (χ1n) is 11.4. The fraction of sp³-hybridized carbons (Fsp3) is 0.333. The third-order valence-electron chi connectivity index (χ3n) is 6.59. The fourth-order valence-corrected chi connectivity index (χ4v) is 5.69. The van der Waals surface area contributed by atoms with Crippen molar-refractivity contribution in [2.75, 3.05) is 7.11 Å². The van der Waals surface area contributed by atoms with Crippen molar-refractivity contribution in [1.82, 2.24) is 14.5 Å². The van der Waals surface area contributed by atoms with E-state index in [9.17, 15) is 8.78 Å². The van der Waals surface area contributed by atoms with Crippen LogP contribution in [0.4, 0.5) is 8.78 Å². The lowest BCUT2D eigenvalue weighted by atomic mass is 9.85. The van der Waals surface area contributed by atoms with Crippen LogP contribution in [0.2, 0.25) is 0 Å². The standard InChI is InChI=1S/C27H27F2N3OS/c1-16-14-32(15-17(16)2)22-13-12-21(30-25(22)33-4)26-31-24-20(6-5-7-23(24)34-26)18-8-10-19(11-9-18)27(3,28)29/h8-15,20H,5-7H2,1-4H3/t20-/m1/s1. The van der Waals surface area contributed by atoms with Crippen molar-refractivity contribution in [3.8, 4) is 22.3 Å². The molecule has 0 amide bonds. The number of aryl methyl sites for hydroxylation is 3. The third kappa shape index (κ3) is 4.13. The highest BCUT2D eigenvalue weighted by Crippen LogP contribution is 2.42. The summed E-state index contributed by atoms with van der Waals surface area (Å²) in [4.78, 5) is 11.0. The molecule has 0 saturated carbocycles. The molecule has 34 heavy (non-hydrogen) atoms. The summed E-state index contributed by atoms with van der Waals surface area (Å²) in [6.45, 7) is 5.09. The van der Waals surface area contributed by atoms with Crippen molar-refractivity contribution in [3.63, 3.8) is 0 Å². The molecule has 0 fully saturated rings. The van der Waals surface area contributed by atoms with Crippen LogP contribution in [0.3, 0.4) is 0 Å². The summed E-state index contributed by atoms with van der Waals surface area (Å²) in [7, 11) is 1.63. The van der Waals surface area contributed by atoms with Crippen LogP contribution in [0.1, 0.15) is 58.5 Å². The first-order chi connectivity index (χ1) is 16.2. The second-order valence-corrected chi connectivity index (χ2v) is 10.1. The maximum Gasteiger partial charge on any atom is 0.270 e. The summed E-state index contributed by atoms with van der Waals surface area (Å²) < 4.78 is 35.0. The molecule has 0 bridgehead atoms. The lowest BCUT2D eigenvalue weighted by molar-refractivity contribution is 0.0174. The van der Waals surface area contributed by atoms with Gasteiger partial charge in [-0.3, -0.25) is 0 Å².